The van der Waals surface area contributed by atoms with Crippen LogP contribution in [-0.4, -0.2) is 29.5 Å². The smallest absolute Gasteiger partial charge is 0.227 e. The van der Waals surface area contributed by atoms with Crippen molar-refractivity contribution in [3.63, 3.8) is 0 Å². The number of hydrogen-bond donors (Lipinski definition) is 0. The van der Waals surface area contributed by atoms with Gasteiger partial charge in [-0.1, -0.05) is 72.8 Å². The number of rotatable bonds is 6. The molecule has 0 atom stereocenters. The summed E-state index contributed by atoms with van der Waals surface area (Å²) in [5.41, 5.74) is 10.4. The fourth-order valence-corrected chi connectivity index (χ4v) is 7.27. The van der Waals surface area contributed by atoms with Gasteiger partial charge >= 0.3 is 0 Å². The molecule has 0 aliphatic rings. The molecule has 258 valence electrons. The lowest BCUT2D eigenvalue weighted by Gasteiger charge is -2.10. The molecule has 8 nitrogen and oxygen atoms in total. The predicted molar refractivity (Wildman–Crippen MR) is 216 cm³/mol. The van der Waals surface area contributed by atoms with Crippen molar-refractivity contribution in [1.29, 1.82) is 0 Å². The van der Waals surface area contributed by atoms with E-state index in [-0.39, 0.29) is 0 Å². The van der Waals surface area contributed by atoms with Gasteiger partial charge in [-0.3, -0.25) is 0 Å². The number of oxazole rings is 2. The molecule has 55 heavy (non-hydrogen) atoms. The number of hydrogen-bond acceptors (Lipinski definition) is 7. The van der Waals surface area contributed by atoms with Crippen LogP contribution in [0.15, 0.2) is 179 Å². The van der Waals surface area contributed by atoms with Crippen molar-refractivity contribution in [2.24, 2.45) is 0 Å². The number of fused-ring (bicyclic) bond motifs is 5. The lowest BCUT2D eigenvalue weighted by atomic mass is 10.1. The Morgan fingerprint density at radius 3 is 1.58 bits per heavy atom. The molecule has 0 N–H and O–H groups in total. The average molecular weight is 709 g/mol. The normalized spacial score (nSPS) is 11.6. The molecule has 0 unspecified atom stereocenters. The third kappa shape index (κ3) is 5.35. The van der Waals surface area contributed by atoms with Crippen molar-refractivity contribution < 1.29 is 8.83 Å². The Kier molecular flexibility index (Phi) is 6.99. The van der Waals surface area contributed by atoms with Crippen molar-refractivity contribution >= 4 is 44.0 Å². The third-order valence-corrected chi connectivity index (χ3v) is 9.91. The third-order valence-electron chi connectivity index (χ3n) is 9.91. The quantitative estimate of drug-likeness (QED) is 0.170. The summed E-state index contributed by atoms with van der Waals surface area (Å²) >= 11 is 0. The fourth-order valence-electron chi connectivity index (χ4n) is 7.27. The molecular formula is C47H28N6O2. The summed E-state index contributed by atoms with van der Waals surface area (Å²) in [5, 5.41) is 2.25. The Bertz CT molecular complexity index is 3070. The Balaban J connectivity index is 1.08. The van der Waals surface area contributed by atoms with E-state index in [2.05, 4.69) is 71.3 Å². The van der Waals surface area contributed by atoms with Gasteiger partial charge in [0.1, 0.15) is 11.0 Å². The van der Waals surface area contributed by atoms with Gasteiger partial charge in [-0.2, -0.15) is 0 Å². The largest absolute Gasteiger partial charge is 0.436 e. The first-order valence-corrected chi connectivity index (χ1v) is 18.0. The van der Waals surface area contributed by atoms with Gasteiger partial charge in [-0.05, 0) is 97.1 Å². The second-order valence-corrected chi connectivity index (χ2v) is 13.4. The zero-order valence-corrected chi connectivity index (χ0v) is 29.2. The molecule has 0 amide bonds. The molecule has 0 aliphatic carbocycles. The van der Waals surface area contributed by atoms with E-state index >= 15 is 0 Å². The van der Waals surface area contributed by atoms with Crippen LogP contribution in [0.3, 0.4) is 0 Å². The van der Waals surface area contributed by atoms with E-state index < -0.39 is 0 Å². The molecule has 0 fully saturated rings. The van der Waals surface area contributed by atoms with Gasteiger partial charge in [0, 0.05) is 44.3 Å². The van der Waals surface area contributed by atoms with E-state index in [1.807, 2.05) is 103 Å². The highest BCUT2D eigenvalue weighted by Crippen LogP contribution is 2.36. The first kappa shape index (κ1) is 30.9. The first-order valence-electron chi connectivity index (χ1n) is 18.0. The molecule has 4 aromatic heterocycles. The Hall–Kier alpha value is -7.71. The molecule has 4 heterocycles. The maximum absolute atomic E-state index is 6.26. The summed E-state index contributed by atoms with van der Waals surface area (Å²) in [5.74, 6) is 2.69. The van der Waals surface area contributed by atoms with Crippen LogP contribution < -0.4 is 0 Å². The monoisotopic (exact) mass is 708 g/mol. The van der Waals surface area contributed by atoms with Crippen LogP contribution >= 0.6 is 0 Å². The van der Waals surface area contributed by atoms with Crippen molar-refractivity contribution in [1.82, 2.24) is 29.5 Å². The number of aromatic nitrogens is 6. The summed E-state index contributed by atoms with van der Waals surface area (Å²) in [4.78, 5) is 24.8. The Labute approximate surface area is 314 Å². The van der Waals surface area contributed by atoms with E-state index in [0.29, 0.717) is 45.9 Å². The zero-order chi connectivity index (χ0) is 36.3. The van der Waals surface area contributed by atoms with Gasteiger partial charge in [0.2, 0.25) is 11.8 Å². The lowest BCUT2D eigenvalue weighted by Crippen LogP contribution is -2.00. The SMILES string of the molecule is c1ccc(-c2nc3cc(-c4nc(-c5ccc6nc(-c7ccccc7)oc6c5)nc(-c5ccc6c(c5)c5ccccc5n6-c5ccccc5)n4)ccc3o2)cc1. The van der Waals surface area contributed by atoms with Gasteiger partial charge in [0.25, 0.3) is 0 Å². The van der Waals surface area contributed by atoms with Crippen molar-refractivity contribution in [2.75, 3.05) is 0 Å². The fraction of sp³-hybridized carbons (Fsp3) is 0. The highest BCUT2D eigenvalue weighted by molar-refractivity contribution is 6.10. The molecule has 7 aromatic carbocycles. The minimum atomic E-state index is 0.511. The molecular weight excluding hydrogens is 681 g/mol. The van der Waals surface area contributed by atoms with Crippen LogP contribution in [0.4, 0.5) is 0 Å². The molecule has 8 heteroatoms. The van der Waals surface area contributed by atoms with Crippen LogP contribution in [0.5, 0.6) is 0 Å². The van der Waals surface area contributed by atoms with E-state index in [4.69, 9.17) is 33.8 Å². The number of benzene rings is 7. The highest BCUT2D eigenvalue weighted by atomic mass is 16.4. The molecule has 0 bridgehead atoms. The van der Waals surface area contributed by atoms with Gasteiger partial charge in [-0.25, -0.2) is 24.9 Å². The number of para-hydroxylation sites is 2. The molecule has 11 aromatic rings. The standard InChI is InChI=1S/C47H28N6O2/c1-4-12-29(13-5-1)46-48-37-23-20-33(28-42(37)55-46)45-51-43(50-44(52-45)32-22-25-41-38(27-32)49-47(54-41)30-14-6-2-7-15-30)31-21-24-40-36(26-31)35-18-10-11-19-39(35)53(40)34-16-8-3-9-17-34/h1-28H. The van der Waals surface area contributed by atoms with Crippen LogP contribution in [0.25, 0.3) is 107 Å². The molecule has 0 saturated heterocycles. The summed E-state index contributed by atoms with van der Waals surface area (Å²) in [6, 6.07) is 56.8. The lowest BCUT2D eigenvalue weighted by molar-refractivity contribution is 0.619. The van der Waals surface area contributed by atoms with Crippen molar-refractivity contribution in [3.8, 4) is 62.8 Å². The molecule has 0 saturated carbocycles. The Morgan fingerprint density at radius 1 is 0.345 bits per heavy atom. The topological polar surface area (TPSA) is 95.7 Å². The second-order valence-electron chi connectivity index (χ2n) is 13.4. The summed E-state index contributed by atoms with van der Waals surface area (Å²) in [6.07, 6.45) is 0. The van der Waals surface area contributed by atoms with Gasteiger partial charge < -0.3 is 13.4 Å². The van der Waals surface area contributed by atoms with Gasteiger partial charge in [0.05, 0.1) is 11.0 Å². The van der Waals surface area contributed by atoms with Crippen LogP contribution in [0.1, 0.15) is 0 Å². The molecule has 0 spiro atoms. The molecule has 11 rings (SSSR count). The van der Waals surface area contributed by atoms with Gasteiger partial charge in [-0.15, -0.1) is 0 Å². The van der Waals surface area contributed by atoms with E-state index in [0.717, 1.165) is 60.8 Å². The van der Waals surface area contributed by atoms with E-state index in [9.17, 15) is 0 Å². The summed E-state index contributed by atoms with van der Waals surface area (Å²) in [7, 11) is 0. The maximum Gasteiger partial charge on any atom is 0.227 e. The van der Waals surface area contributed by atoms with Crippen molar-refractivity contribution in [2.45, 2.75) is 0 Å². The predicted octanol–water partition coefficient (Wildman–Crippen LogP) is 11.6. The van der Waals surface area contributed by atoms with Gasteiger partial charge in [0.15, 0.2) is 28.6 Å². The van der Waals surface area contributed by atoms with Crippen LogP contribution in [0.2, 0.25) is 0 Å². The second kappa shape index (κ2) is 12.5. The van der Waals surface area contributed by atoms with Crippen molar-refractivity contribution in [3.05, 3.63) is 170 Å². The minimum Gasteiger partial charge on any atom is -0.436 e. The summed E-state index contributed by atoms with van der Waals surface area (Å²) in [6.45, 7) is 0. The summed E-state index contributed by atoms with van der Waals surface area (Å²) < 4.78 is 14.7. The zero-order valence-electron chi connectivity index (χ0n) is 29.2. The van der Waals surface area contributed by atoms with E-state index in [1.165, 1.54) is 0 Å². The first-order chi connectivity index (χ1) is 27.2. The maximum atomic E-state index is 6.26. The molecule has 0 radical (unpaired) electrons. The average Bonchev–Trinajstić information content (AvgIpc) is 3.98. The Morgan fingerprint density at radius 2 is 0.873 bits per heavy atom. The van der Waals surface area contributed by atoms with Crippen LogP contribution in [-0.2, 0) is 0 Å². The van der Waals surface area contributed by atoms with E-state index in [1.54, 1.807) is 0 Å². The highest BCUT2D eigenvalue weighted by Gasteiger charge is 2.19. The van der Waals surface area contributed by atoms with Crippen LogP contribution in [0, 0.1) is 0 Å². The molecule has 0 aliphatic heterocycles. The minimum absolute atomic E-state index is 0.511. The number of nitrogens with zero attached hydrogens (tertiary/aromatic N) is 6.